The van der Waals surface area contributed by atoms with Crippen LogP contribution in [0.3, 0.4) is 0 Å². The van der Waals surface area contributed by atoms with Crippen molar-refractivity contribution in [2.75, 3.05) is 13.7 Å². The summed E-state index contributed by atoms with van der Waals surface area (Å²) >= 11 is 0. The number of nitrogens with zero attached hydrogens (tertiary/aromatic N) is 3. The Morgan fingerprint density at radius 3 is 2.44 bits per heavy atom. The highest BCUT2D eigenvalue weighted by atomic mass is 16.5. The molecular weight excluding hydrogens is 334 g/mol. The first kappa shape index (κ1) is 17.4. The van der Waals surface area contributed by atoms with Crippen LogP contribution in [0.15, 0.2) is 79.4 Å². The second kappa shape index (κ2) is 8.14. The Balaban J connectivity index is 1.61. The minimum absolute atomic E-state index is 0.293. The maximum Gasteiger partial charge on any atom is 0.118 e. The van der Waals surface area contributed by atoms with E-state index in [4.69, 9.17) is 4.74 Å². The molecule has 0 fully saturated rings. The van der Waals surface area contributed by atoms with Crippen molar-refractivity contribution in [3.05, 3.63) is 96.1 Å². The largest absolute Gasteiger partial charge is 0.497 e. The van der Waals surface area contributed by atoms with Crippen molar-refractivity contribution in [3.63, 3.8) is 0 Å². The van der Waals surface area contributed by atoms with Crippen LogP contribution in [0.4, 0.5) is 0 Å². The molecule has 0 N–H and O–H groups in total. The number of methoxy groups -OCH3 is 1. The SMILES string of the molecule is COc1ccc(CN2CC=C(c3cccnc3)CC2c2cccnc2)cc1. The number of aromatic nitrogens is 2. The molecule has 27 heavy (non-hydrogen) atoms. The van der Waals surface area contributed by atoms with Crippen LogP contribution in [0.1, 0.15) is 29.2 Å². The molecule has 0 radical (unpaired) electrons. The molecule has 4 nitrogen and oxygen atoms in total. The number of pyridine rings is 2. The van der Waals surface area contributed by atoms with Crippen LogP contribution in [-0.2, 0) is 6.54 Å². The highest BCUT2D eigenvalue weighted by Gasteiger charge is 2.26. The molecule has 0 saturated heterocycles. The third-order valence-electron chi connectivity index (χ3n) is 5.07. The van der Waals surface area contributed by atoms with Gasteiger partial charge in [-0.15, -0.1) is 0 Å². The van der Waals surface area contributed by atoms with Crippen LogP contribution in [0.5, 0.6) is 5.75 Å². The van der Waals surface area contributed by atoms with E-state index in [1.807, 2.05) is 49.1 Å². The van der Waals surface area contributed by atoms with Crippen molar-refractivity contribution in [1.29, 1.82) is 0 Å². The highest BCUT2D eigenvalue weighted by Crippen LogP contribution is 2.36. The van der Waals surface area contributed by atoms with Crippen LogP contribution in [0, 0.1) is 0 Å². The van der Waals surface area contributed by atoms with E-state index in [0.717, 1.165) is 25.3 Å². The van der Waals surface area contributed by atoms with E-state index in [1.165, 1.54) is 22.3 Å². The number of ether oxygens (including phenoxy) is 1. The summed E-state index contributed by atoms with van der Waals surface area (Å²) in [6.07, 6.45) is 10.9. The van der Waals surface area contributed by atoms with E-state index >= 15 is 0 Å². The molecule has 4 rings (SSSR count). The van der Waals surface area contributed by atoms with Crippen LogP contribution < -0.4 is 4.74 Å². The van der Waals surface area contributed by atoms with Gasteiger partial charge in [0, 0.05) is 43.9 Å². The zero-order valence-electron chi connectivity index (χ0n) is 15.5. The predicted octanol–water partition coefficient (Wildman–Crippen LogP) is 4.52. The summed E-state index contributed by atoms with van der Waals surface area (Å²) in [4.78, 5) is 11.1. The summed E-state index contributed by atoms with van der Waals surface area (Å²) in [5, 5.41) is 0. The third kappa shape index (κ3) is 4.07. The molecular formula is C23H23N3O. The van der Waals surface area contributed by atoms with Crippen LogP contribution in [0.2, 0.25) is 0 Å². The highest BCUT2D eigenvalue weighted by molar-refractivity contribution is 5.66. The molecule has 1 aliphatic rings. The average Bonchev–Trinajstić information content (AvgIpc) is 2.76. The smallest absolute Gasteiger partial charge is 0.118 e. The predicted molar refractivity (Wildman–Crippen MR) is 107 cm³/mol. The lowest BCUT2D eigenvalue weighted by Crippen LogP contribution is -2.32. The van der Waals surface area contributed by atoms with Gasteiger partial charge in [0.15, 0.2) is 0 Å². The van der Waals surface area contributed by atoms with Crippen molar-refractivity contribution in [1.82, 2.24) is 14.9 Å². The van der Waals surface area contributed by atoms with Crippen molar-refractivity contribution in [2.45, 2.75) is 19.0 Å². The van der Waals surface area contributed by atoms with E-state index < -0.39 is 0 Å². The van der Waals surface area contributed by atoms with Gasteiger partial charge in [0.05, 0.1) is 7.11 Å². The summed E-state index contributed by atoms with van der Waals surface area (Å²) in [6, 6.07) is 16.9. The minimum Gasteiger partial charge on any atom is -0.497 e. The summed E-state index contributed by atoms with van der Waals surface area (Å²) in [5.41, 5.74) is 5.09. The third-order valence-corrected chi connectivity index (χ3v) is 5.07. The number of benzene rings is 1. The summed E-state index contributed by atoms with van der Waals surface area (Å²) < 4.78 is 5.28. The fraction of sp³-hybridized carbons (Fsp3) is 0.217. The molecule has 0 spiro atoms. The monoisotopic (exact) mass is 357 g/mol. The fourth-order valence-corrected chi connectivity index (χ4v) is 3.61. The topological polar surface area (TPSA) is 38.2 Å². The average molecular weight is 357 g/mol. The number of hydrogen-bond donors (Lipinski definition) is 0. The van der Waals surface area contributed by atoms with Crippen LogP contribution >= 0.6 is 0 Å². The van der Waals surface area contributed by atoms with Crippen molar-refractivity contribution in [3.8, 4) is 5.75 Å². The summed E-state index contributed by atoms with van der Waals surface area (Å²) in [5.74, 6) is 0.889. The van der Waals surface area contributed by atoms with Gasteiger partial charge in [-0.1, -0.05) is 30.3 Å². The first-order chi connectivity index (χ1) is 13.3. The van der Waals surface area contributed by atoms with Crippen molar-refractivity contribution >= 4 is 5.57 Å². The molecule has 2 aromatic heterocycles. The van der Waals surface area contributed by atoms with Gasteiger partial charge in [0.2, 0.25) is 0 Å². The van der Waals surface area contributed by atoms with Gasteiger partial charge in [-0.25, -0.2) is 0 Å². The van der Waals surface area contributed by atoms with Crippen molar-refractivity contribution < 1.29 is 4.74 Å². The van der Waals surface area contributed by atoms with Gasteiger partial charge in [-0.2, -0.15) is 0 Å². The Morgan fingerprint density at radius 2 is 1.78 bits per heavy atom. The first-order valence-corrected chi connectivity index (χ1v) is 9.20. The molecule has 1 atom stereocenters. The summed E-state index contributed by atoms with van der Waals surface area (Å²) in [6.45, 7) is 1.79. The molecule has 136 valence electrons. The normalized spacial score (nSPS) is 17.4. The maximum atomic E-state index is 5.28. The molecule has 3 heterocycles. The van der Waals surface area contributed by atoms with Crippen LogP contribution in [0.25, 0.3) is 5.57 Å². The van der Waals surface area contributed by atoms with Crippen LogP contribution in [-0.4, -0.2) is 28.5 Å². The molecule has 0 amide bonds. The van der Waals surface area contributed by atoms with Gasteiger partial charge < -0.3 is 4.74 Å². The molecule has 4 heteroatoms. The second-order valence-electron chi connectivity index (χ2n) is 6.75. The van der Waals surface area contributed by atoms with Gasteiger partial charge in [0.1, 0.15) is 5.75 Å². The van der Waals surface area contributed by atoms with E-state index in [0.29, 0.717) is 6.04 Å². The lowest BCUT2D eigenvalue weighted by Gasteiger charge is -2.35. The van der Waals surface area contributed by atoms with E-state index in [1.54, 1.807) is 7.11 Å². The Labute approximate surface area is 160 Å². The fourth-order valence-electron chi connectivity index (χ4n) is 3.61. The lowest BCUT2D eigenvalue weighted by atomic mass is 9.91. The lowest BCUT2D eigenvalue weighted by molar-refractivity contribution is 0.204. The van der Waals surface area contributed by atoms with E-state index in [-0.39, 0.29) is 0 Å². The number of rotatable bonds is 5. The van der Waals surface area contributed by atoms with Crippen molar-refractivity contribution in [2.24, 2.45) is 0 Å². The molecule has 1 aliphatic heterocycles. The first-order valence-electron chi connectivity index (χ1n) is 9.20. The Bertz CT molecular complexity index is 892. The minimum atomic E-state index is 0.293. The van der Waals surface area contributed by atoms with Gasteiger partial charge in [0.25, 0.3) is 0 Å². The molecule has 0 bridgehead atoms. The molecule has 1 unspecified atom stereocenters. The maximum absolute atomic E-state index is 5.28. The van der Waals surface area contributed by atoms with Gasteiger partial charge >= 0.3 is 0 Å². The molecule has 3 aromatic rings. The quantitative estimate of drug-likeness (QED) is 0.673. The standard InChI is InChI=1S/C23H23N3O/c1-27-22-8-6-18(7-9-22)17-26-13-10-19(20-4-2-11-24-15-20)14-23(26)21-5-3-12-25-16-21/h2-12,15-16,23H,13-14,17H2,1H3. The number of hydrogen-bond acceptors (Lipinski definition) is 4. The van der Waals surface area contributed by atoms with Gasteiger partial charge in [-0.3, -0.25) is 14.9 Å². The molecule has 1 aromatic carbocycles. The zero-order valence-corrected chi connectivity index (χ0v) is 15.5. The summed E-state index contributed by atoms with van der Waals surface area (Å²) in [7, 11) is 1.70. The Kier molecular flexibility index (Phi) is 5.26. The zero-order chi connectivity index (χ0) is 18.5. The van der Waals surface area contributed by atoms with E-state index in [9.17, 15) is 0 Å². The Morgan fingerprint density at radius 1 is 1.00 bits per heavy atom. The van der Waals surface area contributed by atoms with Gasteiger partial charge in [-0.05, 0) is 52.9 Å². The molecule has 0 saturated carbocycles. The van der Waals surface area contributed by atoms with E-state index in [2.05, 4.69) is 45.2 Å². The second-order valence-corrected chi connectivity index (χ2v) is 6.75. The Hall–Kier alpha value is -2.98. The molecule has 0 aliphatic carbocycles.